The van der Waals surface area contributed by atoms with Gasteiger partial charge in [0.05, 0.1) is 5.52 Å². The van der Waals surface area contributed by atoms with E-state index in [2.05, 4.69) is 58.6 Å². The van der Waals surface area contributed by atoms with Crippen LogP contribution in [0.4, 0.5) is 0 Å². The zero-order chi connectivity index (χ0) is 16.9. The first-order valence-electron chi connectivity index (χ1n) is 8.75. The van der Waals surface area contributed by atoms with Crippen molar-refractivity contribution in [3.63, 3.8) is 0 Å². The van der Waals surface area contributed by atoms with Crippen LogP contribution in [0.3, 0.4) is 0 Å². The molecule has 0 radical (unpaired) electrons. The number of hydrogen-bond acceptors (Lipinski definition) is 5. The summed E-state index contributed by atoms with van der Waals surface area (Å²) < 4.78 is 2.27. The lowest BCUT2D eigenvalue weighted by Gasteiger charge is -2.16. The summed E-state index contributed by atoms with van der Waals surface area (Å²) >= 11 is 1.69. The summed E-state index contributed by atoms with van der Waals surface area (Å²) in [5.41, 5.74) is 3.06. The van der Waals surface area contributed by atoms with Crippen LogP contribution in [0.15, 0.2) is 29.4 Å². The monoisotopic (exact) mass is 343 g/mol. The van der Waals surface area contributed by atoms with E-state index in [0.717, 1.165) is 60.1 Å². The molecule has 0 bridgehead atoms. The summed E-state index contributed by atoms with van der Waals surface area (Å²) in [4.78, 5) is 7.22. The summed E-state index contributed by atoms with van der Waals surface area (Å²) in [5.74, 6) is 0.989. The van der Waals surface area contributed by atoms with E-state index in [1.807, 2.05) is 6.07 Å². The van der Waals surface area contributed by atoms with E-state index in [-0.39, 0.29) is 0 Å². The number of benzene rings is 1. The molecule has 5 nitrogen and oxygen atoms in total. The Labute approximate surface area is 147 Å². The molecule has 128 valence electrons. The van der Waals surface area contributed by atoms with Crippen molar-refractivity contribution in [3.05, 3.63) is 24.3 Å². The lowest BCUT2D eigenvalue weighted by molar-refractivity contribution is 0.324. The predicted molar refractivity (Wildman–Crippen MR) is 102 cm³/mol. The van der Waals surface area contributed by atoms with Gasteiger partial charge >= 0.3 is 0 Å². The molecule has 0 spiro atoms. The SMILES string of the molecule is CCCn1c2ccccc2c2nnc(SCCN(CC)CC)nc21. The third-order valence-corrected chi connectivity index (χ3v) is 5.15. The van der Waals surface area contributed by atoms with E-state index in [9.17, 15) is 0 Å². The van der Waals surface area contributed by atoms with E-state index in [0.29, 0.717) is 0 Å². The van der Waals surface area contributed by atoms with E-state index in [1.54, 1.807) is 11.8 Å². The minimum Gasteiger partial charge on any atom is -0.324 e. The van der Waals surface area contributed by atoms with Gasteiger partial charge in [0.2, 0.25) is 5.16 Å². The number of rotatable bonds is 8. The number of nitrogens with zero attached hydrogens (tertiary/aromatic N) is 5. The largest absolute Gasteiger partial charge is 0.324 e. The molecule has 0 aliphatic heterocycles. The Morgan fingerprint density at radius 2 is 1.88 bits per heavy atom. The Bertz CT molecular complexity index is 810. The summed E-state index contributed by atoms with van der Waals surface area (Å²) in [5, 5.41) is 10.7. The minimum atomic E-state index is 0.773. The number of hydrogen-bond donors (Lipinski definition) is 0. The molecule has 0 saturated heterocycles. The molecule has 3 rings (SSSR count). The first-order valence-corrected chi connectivity index (χ1v) is 9.73. The molecule has 0 amide bonds. The Kier molecular flexibility index (Phi) is 5.68. The third-order valence-electron chi connectivity index (χ3n) is 4.33. The highest BCUT2D eigenvalue weighted by Gasteiger charge is 2.14. The standard InChI is InChI=1S/C18H25N5S/c1-4-11-23-15-10-8-7-9-14(15)16-17(23)19-18(21-20-16)24-13-12-22(5-2)6-3/h7-10H,4-6,11-13H2,1-3H3. The zero-order valence-corrected chi connectivity index (χ0v) is 15.5. The molecular weight excluding hydrogens is 318 g/mol. The molecule has 0 aliphatic rings. The molecule has 3 aromatic rings. The Hall–Kier alpha value is -1.66. The minimum absolute atomic E-state index is 0.773. The number of fused-ring (bicyclic) bond motifs is 3. The van der Waals surface area contributed by atoms with Gasteiger partial charge in [0.1, 0.15) is 5.52 Å². The van der Waals surface area contributed by atoms with E-state index in [4.69, 9.17) is 4.98 Å². The van der Waals surface area contributed by atoms with Gasteiger partial charge in [0.15, 0.2) is 5.65 Å². The maximum atomic E-state index is 4.81. The molecule has 0 saturated carbocycles. The van der Waals surface area contributed by atoms with Gasteiger partial charge in [-0.3, -0.25) is 0 Å². The first-order chi connectivity index (χ1) is 11.8. The van der Waals surface area contributed by atoms with Crippen LogP contribution >= 0.6 is 11.8 Å². The van der Waals surface area contributed by atoms with E-state index >= 15 is 0 Å². The quantitative estimate of drug-likeness (QED) is 0.582. The van der Waals surface area contributed by atoms with Gasteiger partial charge in [-0.1, -0.05) is 50.7 Å². The molecule has 2 aromatic heterocycles. The van der Waals surface area contributed by atoms with Gasteiger partial charge in [-0.05, 0) is 25.6 Å². The average molecular weight is 344 g/mol. The molecule has 0 aliphatic carbocycles. The lowest BCUT2D eigenvalue weighted by atomic mass is 10.2. The van der Waals surface area contributed by atoms with E-state index < -0.39 is 0 Å². The topological polar surface area (TPSA) is 46.8 Å². The Morgan fingerprint density at radius 3 is 2.62 bits per heavy atom. The maximum Gasteiger partial charge on any atom is 0.211 e. The van der Waals surface area contributed by atoms with Crippen molar-refractivity contribution in [1.29, 1.82) is 0 Å². The molecule has 0 unspecified atom stereocenters. The molecule has 0 N–H and O–H groups in total. The van der Waals surface area contributed by atoms with Gasteiger partial charge in [-0.15, -0.1) is 10.2 Å². The van der Waals surface area contributed by atoms with Crippen LogP contribution in [0.1, 0.15) is 27.2 Å². The van der Waals surface area contributed by atoms with Gasteiger partial charge in [0, 0.05) is 24.2 Å². The van der Waals surface area contributed by atoms with Crippen molar-refractivity contribution in [2.45, 2.75) is 38.9 Å². The molecule has 1 aromatic carbocycles. The van der Waals surface area contributed by atoms with Crippen molar-refractivity contribution in [2.75, 3.05) is 25.4 Å². The van der Waals surface area contributed by atoms with Crippen LogP contribution in [0.5, 0.6) is 0 Å². The average Bonchev–Trinajstić information content (AvgIpc) is 2.93. The van der Waals surface area contributed by atoms with E-state index in [1.165, 1.54) is 5.52 Å². The maximum absolute atomic E-state index is 4.81. The highest BCUT2D eigenvalue weighted by Crippen LogP contribution is 2.27. The normalized spacial score (nSPS) is 11.8. The number of para-hydroxylation sites is 1. The zero-order valence-electron chi connectivity index (χ0n) is 14.7. The summed E-state index contributed by atoms with van der Waals surface area (Å²) in [6.07, 6.45) is 1.07. The summed E-state index contributed by atoms with van der Waals surface area (Å²) in [7, 11) is 0. The second-order valence-corrected chi connectivity index (χ2v) is 6.87. The second-order valence-electron chi connectivity index (χ2n) is 5.81. The molecule has 0 fully saturated rings. The number of aryl methyl sites for hydroxylation is 1. The van der Waals surface area contributed by atoms with Crippen LogP contribution in [0.2, 0.25) is 0 Å². The van der Waals surface area contributed by atoms with Crippen molar-refractivity contribution < 1.29 is 0 Å². The molecule has 0 atom stereocenters. The van der Waals surface area contributed by atoms with Gasteiger partial charge < -0.3 is 9.47 Å². The third kappa shape index (κ3) is 3.39. The van der Waals surface area contributed by atoms with Gasteiger partial charge in [0.25, 0.3) is 0 Å². The fraction of sp³-hybridized carbons (Fsp3) is 0.500. The summed E-state index contributed by atoms with van der Waals surface area (Å²) in [6.45, 7) is 10.8. The predicted octanol–water partition coefficient (Wildman–Crippen LogP) is 3.82. The fourth-order valence-electron chi connectivity index (χ4n) is 3.01. The van der Waals surface area contributed by atoms with Crippen LogP contribution in [-0.2, 0) is 6.54 Å². The second kappa shape index (κ2) is 7.94. The molecule has 6 heteroatoms. The van der Waals surface area contributed by atoms with Gasteiger partial charge in [-0.2, -0.15) is 0 Å². The molecule has 2 heterocycles. The number of aromatic nitrogens is 4. The Balaban J connectivity index is 1.89. The van der Waals surface area contributed by atoms with Crippen molar-refractivity contribution in [3.8, 4) is 0 Å². The smallest absolute Gasteiger partial charge is 0.211 e. The number of thioether (sulfide) groups is 1. The van der Waals surface area contributed by atoms with Crippen molar-refractivity contribution >= 4 is 33.8 Å². The van der Waals surface area contributed by atoms with Crippen LogP contribution in [0, 0.1) is 0 Å². The summed E-state index contributed by atoms with van der Waals surface area (Å²) in [6, 6.07) is 8.36. The van der Waals surface area contributed by atoms with Crippen molar-refractivity contribution in [2.24, 2.45) is 0 Å². The first kappa shape index (κ1) is 17.2. The molecule has 24 heavy (non-hydrogen) atoms. The molecular formula is C18H25N5S. The van der Waals surface area contributed by atoms with Crippen LogP contribution in [-0.4, -0.2) is 50.0 Å². The van der Waals surface area contributed by atoms with Crippen LogP contribution in [0.25, 0.3) is 22.1 Å². The highest BCUT2D eigenvalue weighted by atomic mass is 32.2. The lowest BCUT2D eigenvalue weighted by Crippen LogP contribution is -2.25. The van der Waals surface area contributed by atoms with Crippen LogP contribution < -0.4 is 0 Å². The van der Waals surface area contributed by atoms with Crippen molar-refractivity contribution in [1.82, 2.24) is 24.6 Å². The Morgan fingerprint density at radius 1 is 1.08 bits per heavy atom. The fourth-order valence-corrected chi connectivity index (χ4v) is 3.79. The highest BCUT2D eigenvalue weighted by molar-refractivity contribution is 7.99. The van der Waals surface area contributed by atoms with Gasteiger partial charge in [-0.25, -0.2) is 4.98 Å².